The van der Waals surface area contributed by atoms with Crippen LogP contribution in [-0.4, -0.2) is 26.9 Å². The Labute approximate surface area is 195 Å². The fourth-order valence-corrected chi connectivity index (χ4v) is 4.62. The van der Waals surface area contributed by atoms with Crippen LogP contribution in [0.2, 0.25) is 0 Å². The summed E-state index contributed by atoms with van der Waals surface area (Å²) in [5.41, 5.74) is 4.41. The lowest BCUT2D eigenvalue weighted by atomic mass is 10.2. The highest BCUT2D eigenvalue weighted by molar-refractivity contribution is 9.10. The van der Waals surface area contributed by atoms with Gasteiger partial charge in [-0.3, -0.25) is 14.2 Å². The highest BCUT2D eigenvalue weighted by atomic mass is 79.9. The van der Waals surface area contributed by atoms with Gasteiger partial charge in [-0.2, -0.15) is 5.10 Å². The van der Waals surface area contributed by atoms with Gasteiger partial charge in [-0.15, -0.1) is 11.3 Å². The Morgan fingerprint density at radius 3 is 2.68 bits per heavy atom. The van der Waals surface area contributed by atoms with Gasteiger partial charge in [-0.25, -0.2) is 10.4 Å². The smallest absolute Gasteiger partial charge is 0.266 e. The first kappa shape index (κ1) is 21.5. The summed E-state index contributed by atoms with van der Waals surface area (Å²) < 4.78 is 2.44. The van der Waals surface area contributed by atoms with Crippen LogP contribution in [0.4, 0.5) is 0 Å². The molecular weight excluding hydrogens is 496 g/mol. The molecule has 0 radical (unpaired) electrons. The van der Waals surface area contributed by atoms with E-state index in [0.717, 1.165) is 15.1 Å². The van der Waals surface area contributed by atoms with E-state index in [1.807, 2.05) is 60.8 Å². The number of hydrogen-bond donors (Lipinski definition) is 1. The number of fused-ring (bicyclic) bond motifs is 1. The number of benzene rings is 2. The number of hydrazone groups is 1. The SMILES string of the molecule is CC(=NNC(=O)CSc1nc2ccccc2c(=O)n1-c1ccc(Br)cc1)c1cccs1. The molecule has 156 valence electrons. The molecule has 0 spiro atoms. The lowest BCUT2D eigenvalue weighted by Gasteiger charge is -2.13. The molecule has 2 aromatic heterocycles. The number of carbonyl (C=O) groups is 1. The highest BCUT2D eigenvalue weighted by Crippen LogP contribution is 2.22. The number of nitrogens with one attached hydrogen (secondary N) is 1. The summed E-state index contributed by atoms with van der Waals surface area (Å²) in [7, 11) is 0. The zero-order chi connectivity index (χ0) is 21.8. The lowest BCUT2D eigenvalue weighted by molar-refractivity contribution is -0.118. The van der Waals surface area contributed by atoms with E-state index in [2.05, 4.69) is 31.4 Å². The molecule has 2 aromatic carbocycles. The van der Waals surface area contributed by atoms with Crippen LogP contribution in [0.25, 0.3) is 16.6 Å². The van der Waals surface area contributed by atoms with Gasteiger partial charge in [0, 0.05) is 9.35 Å². The molecule has 0 atom stereocenters. The van der Waals surface area contributed by atoms with Gasteiger partial charge in [0.05, 0.1) is 28.1 Å². The maximum atomic E-state index is 13.2. The Hall–Kier alpha value is -2.75. The van der Waals surface area contributed by atoms with Gasteiger partial charge in [-0.1, -0.05) is 45.9 Å². The van der Waals surface area contributed by atoms with Gasteiger partial charge in [0.1, 0.15) is 0 Å². The molecule has 0 fully saturated rings. The van der Waals surface area contributed by atoms with E-state index >= 15 is 0 Å². The summed E-state index contributed by atoms with van der Waals surface area (Å²) in [6, 6.07) is 18.5. The van der Waals surface area contributed by atoms with Crippen LogP contribution >= 0.6 is 39.0 Å². The number of rotatable bonds is 6. The third-order valence-electron chi connectivity index (χ3n) is 4.39. The second kappa shape index (κ2) is 9.59. The largest absolute Gasteiger partial charge is 0.272 e. The molecule has 0 aliphatic rings. The number of nitrogens with zero attached hydrogens (tertiary/aromatic N) is 3. The van der Waals surface area contributed by atoms with E-state index in [1.165, 1.54) is 16.3 Å². The Morgan fingerprint density at radius 1 is 1.16 bits per heavy atom. The van der Waals surface area contributed by atoms with Gasteiger partial charge < -0.3 is 0 Å². The molecule has 1 amide bonds. The van der Waals surface area contributed by atoms with Crippen LogP contribution in [0.3, 0.4) is 0 Å². The van der Waals surface area contributed by atoms with E-state index < -0.39 is 0 Å². The van der Waals surface area contributed by atoms with Crippen molar-refractivity contribution >= 4 is 61.6 Å². The molecular formula is C22H17BrN4O2S2. The summed E-state index contributed by atoms with van der Waals surface area (Å²) in [5, 5.41) is 7.08. The van der Waals surface area contributed by atoms with Crippen molar-refractivity contribution in [2.75, 3.05) is 5.75 Å². The fourth-order valence-electron chi connectivity index (χ4n) is 2.88. The van der Waals surface area contributed by atoms with Crippen LogP contribution in [0.5, 0.6) is 0 Å². The standard InChI is InChI=1S/C22H17BrN4O2S2/c1-14(19-7-4-12-30-19)25-26-20(28)13-31-22-24-18-6-3-2-5-17(18)21(29)27(22)16-10-8-15(23)9-11-16/h2-12H,13H2,1H3,(H,26,28). The Balaban J connectivity index is 1.61. The maximum Gasteiger partial charge on any atom is 0.266 e. The van der Waals surface area contributed by atoms with Crippen LogP contribution in [0.1, 0.15) is 11.8 Å². The Kier molecular flexibility index (Phi) is 6.64. The monoisotopic (exact) mass is 512 g/mol. The number of amides is 1. The second-order valence-electron chi connectivity index (χ2n) is 6.53. The topological polar surface area (TPSA) is 76.3 Å². The summed E-state index contributed by atoms with van der Waals surface area (Å²) in [6.45, 7) is 1.84. The van der Waals surface area contributed by atoms with Gasteiger partial charge in [0.15, 0.2) is 5.16 Å². The summed E-state index contributed by atoms with van der Waals surface area (Å²) in [4.78, 5) is 31.2. The van der Waals surface area contributed by atoms with Gasteiger partial charge >= 0.3 is 0 Å². The molecule has 9 heteroatoms. The quantitative estimate of drug-likeness (QED) is 0.173. The lowest BCUT2D eigenvalue weighted by Crippen LogP contribution is -2.24. The molecule has 0 saturated carbocycles. The van der Waals surface area contributed by atoms with Crippen LogP contribution in [-0.2, 0) is 4.79 Å². The minimum atomic E-state index is -0.273. The zero-order valence-electron chi connectivity index (χ0n) is 16.4. The van der Waals surface area contributed by atoms with E-state index in [-0.39, 0.29) is 17.2 Å². The van der Waals surface area contributed by atoms with Crippen molar-refractivity contribution in [2.45, 2.75) is 12.1 Å². The first-order chi connectivity index (χ1) is 15.0. The van der Waals surface area contributed by atoms with Crippen molar-refractivity contribution < 1.29 is 4.79 Å². The van der Waals surface area contributed by atoms with Crippen molar-refractivity contribution in [3.8, 4) is 5.69 Å². The molecule has 31 heavy (non-hydrogen) atoms. The van der Waals surface area contributed by atoms with E-state index in [9.17, 15) is 9.59 Å². The van der Waals surface area contributed by atoms with Crippen molar-refractivity contribution in [2.24, 2.45) is 5.10 Å². The Morgan fingerprint density at radius 2 is 1.94 bits per heavy atom. The second-order valence-corrected chi connectivity index (χ2v) is 9.33. The molecule has 4 rings (SSSR count). The fraction of sp³-hybridized carbons (Fsp3) is 0.0909. The zero-order valence-corrected chi connectivity index (χ0v) is 19.6. The van der Waals surface area contributed by atoms with Gasteiger partial charge in [0.2, 0.25) is 0 Å². The number of carbonyl (C=O) groups excluding carboxylic acids is 1. The van der Waals surface area contributed by atoms with E-state index in [0.29, 0.717) is 21.7 Å². The van der Waals surface area contributed by atoms with E-state index in [1.54, 1.807) is 23.5 Å². The molecule has 1 N–H and O–H groups in total. The molecule has 0 aliphatic heterocycles. The average molecular weight is 513 g/mol. The maximum absolute atomic E-state index is 13.2. The minimum absolute atomic E-state index is 0.0720. The number of aromatic nitrogens is 2. The predicted molar refractivity (Wildman–Crippen MR) is 130 cm³/mol. The summed E-state index contributed by atoms with van der Waals surface area (Å²) >= 11 is 6.17. The van der Waals surface area contributed by atoms with Crippen molar-refractivity contribution in [1.82, 2.24) is 15.0 Å². The van der Waals surface area contributed by atoms with E-state index in [4.69, 9.17) is 0 Å². The van der Waals surface area contributed by atoms with Crippen molar-refractivity contribution in [3.63, 3.8) is 0 Å². The molecule has 0 bridgehead atoms. The van der Waals surface area contributed by atoms with Gasteiger partial charge in [0.25, 0.3) is 11.5 Å². The third kappa shape index (κ3) is 4.95. The number of para-hydroxylation sites is 1. The number of thiophene rings is 1. The Bertz CT molecular complexity index is 1320. The molecule has 6 nitrogen and oxygen atoms in total. The number of thioether (sulfide) groups is 1. The van der Waals surface area contributed by atoms with Crippen LogP contribution in [0, 0.1) is 0 Å². The number of hydrogen-bond acceptors (Lipinski definition) is 6. The minimum Gasteiger partial charge on any atom is -0.272 e. The molecule has 0 saturated heterocycles. The average Bonchev–Trinajstić information content (AvgIpc) is 3.32. The molecule has 2 heterocycles. The van der Waals surface area contributed by atoms with Gasteiger partial charge in [-0.05, 0) is 54.8 Å². The first-order valence-corrected chi connectivity index (χ1v) is 12.0. The summed E-state index contributed by atoms with van der Waals surface area (Å²) in [5.74, 6) is -0.201. The van der Waals surface area contributed by atoms with Crippen molar-refractivity contribution in [3.05, 3.63) is 85.7 Å². The van der Waals surface area contributed by atoms with Crippen LogP contribution in [0.15, 0.2) is 85.6 Å². The first-order valence-electron chi connectivity index (χ1n) is 9.30. The molecule has 4 aromatic rings. The molecule has 0 aliphatic carbocycles. The predicted octanol–water partition coefficient (Wildman–Crippen LogP) is 4.84. The van der Waals surface area contributed by atoms with Crippen LogP contribution < -0.4 is 11.0 Å². The highest BCUT2D eigenvalue weighted by Gasteiger charge is 2.15. The number of halogens is 1. The normalized spacial score (nSPS) is 11.6. The third-order valence-corrected chi connectivity index (χ3v) is 6.83. The molecule has 0 unspecified atom stereocenters. The van der Waals surface area contributed by atoms with Crippen molar-refractivity contribution in [1.29, 1.82) is 0 Å². The summed E-state index contributed by atoms with van der Waals surface area (Å²) in [6.07, 6.45) is 0.